The summed E-state index contributed by atoms with van der Waals surface area (Å²) in [5.41, 5.74) is 2.88. The zero-order chi connectivity index (χ0) is 13.4. The Morgan fingerprint density at radius 2 is 1.68 bits per heavy atom. The molecule has 3 aromatic rings. The van der Waals surface area contributed by atoms with E-state index < -0.39 is 11.6 Å². The summed E-state index contributed by atoms with van der Waals surface area (Å²) in [5.74, 6) is -1.08. The minimum atomic E-state index is -0.540. The third-order valence-electron chi connectivity index (χ3n) is 3.20. The average molecular weight is 257 g/mol. The molecule has 19 heavy (non-hydrogen) atoms. The third kappa shape index (κ3) is 2.36. The number of fused-ring (bicyclic) bond motifs is 1. The first-order valence-corrected chi connectivity index (χ1v) is 6.12. The van der Waals surface area contributed by atoms with Crippen LogP contribution in [0.3, 0.4) is 0 Å². The predicted molar refractivity (Wildman–Crippen MR) is 72.1 cm³/mol. The summed E-state index contributed by atoms with van der Waals surface area (Å²) in [4.78, 5) is 0. The molecular formula is C16H13F2N. The fourth-order valence-corrected chi connectivity index (χ4v) is 2.36. The lowest BCUT2D eigenvalue weighted by molar-refractivity contribution is 0.578. The zero-order valence-corrected chi connectivity index (χ0v) is 10.5. The second-order valence-corrected chi connectivity index (χ2v) is 4.78. The van der Waals surface area contributed by atoms with Gasteiger partial charge in [0, 0.05) is 24.3 Å². The predicted octanol–water partition coefficient (Wildman–Crippen LogP) is 4.28. The molecule has 0 unspecified atom stereocenters. The van der Waals surface area contributed by atoms with Crippen LogP contribution in [0.15, 0.2) is 48.7 Å². The Morgan fingerprint density at radius 3 is 2.42 bits per heavy atom. The van der Waals surface area contributed by atoms with E-state index in [1.807, 2.05) is 35.9 Å². The van der Waals surface area contributed by atoms with Crippen molar-refractivity contribution in [2.75, 3.05) is 0 Å². The first-order valence-electron chi connectivity index (χ1n) is 6.12. The molecule has 2 aromatic carbocycles. The molecule has 0 spiro atoms. The van der Waals surface area contributed by atoms with Crippen LogP contribution in [-0.4, -0.2) is 4.57 Å². The molecule has 1 heterocycles. The van der Waals surface area contributed by atoms with Crippen molar-refractivity contribution in [3.05, 3.63) is 71.4 Å². The monoisotopic (exact) mass is 257 g/mol. The number of nitrogens with zero attached hydrogens (tertiary/aromatic N) is 1. The Hall–Kier alpha value is -2.16. The van der Waals surface area contributed by atoms with E-state index >= 15 is 0 Å². The minimum Gasteiger partial charge on any atom is -0.343 e. The average Bonchev–Trinajstić information content (AvgIpc) is 2.70. The number of aromatic nitrogens is 1. The van der Waals surface area contributed by atoms with Gasteiger partial charge in [-0.2, -0.15) is 0 Å². The van der Waals surface area contributed by atoms with Crippen molar-refractivity contribution in [3.8, 4) is 0 Å². The van der Waals surface area contributed by atoms with Gasteiger partial charge in [0.05, 0.1) is 0 Å². The fraction of sp³-hybridized carbons (Fsp3) is 0.125. The van der Waals surface area contributed by atoms with Crippen molar-refractivity contribution < 1.29 is 8.78 Å². The van der Waals surface area contributed by atoms with E-state index in [4.69, 9.17) is 0 Å². The molecule has 1 nitrogen and oxygen atoms in total. The zero-order valence-electron chi connectivity index (χ0n) is 10.5. The second kappa shape index (κ2) is 4.50. The highest BCUT2D eigenvalue weighted by atomic mass is 19.1. The molecule has 0 saturated heterocycles. The molecule has 0 atom stereocenters. The number of hydrogen-bond donors (Lipinski definition) is 0. The van der Waals surface area contributed by atoms with E-state index in [0.717, 1.165) is 17.0 Å². The van der Waals surface area contributed by atoms with Crippen LogP contribution >= 0.6 is 0 Å². The van der Waals surface area contributed by atoms with Crippen molar-refractivity contribution in [1.82, 2.24) is 4.57 Å². The van der Waals surface area contributed by atoms with Crippen LogP contribution in [-0.2, 0) is 6.54 Å². The molecule has 96 valence electrons. The number of halogens is 2. The van der Waals surface area contributed by atoms with Crippen molar-refractivity contribution >= 4 is 10.9 Å². The number of benzene rings is 2. The molecule has 3 rings (SSSR count). The topological polar surface area (TPSA) is 4.93 Å². The van der Waals surface area contributed by atoms with E-state index in [-0.39, 0.29) is 0 Å². The van der Waals surface area contributed by atoms with Gasteiger partial charge in [-0.25, -0.2) is 8.78 Å². The highest BCUT2D eigenvalue weighted by Gasteiger charge is 2.04. The van der Waals surface area contributed by atoms with E-state index in [1.54, 1.807) is 0 Å². The van der Waals surface area contributed by atoms with Gasteiger partial charge in [-0.05, 0) is 48.2 Å². The highest BCUT2D eigenvalue weighted by molar-refractivity contribution is 5.80. The maximum atomic E-state index is 13.2. The highest BCUT2D eigenvalue weighted by Crippen LogP contribution is 2.19. The summed E-state index contributed by atoms with van der Waals surface area (Å²) in [7, 11) is 0. The summed E-state index contributed by atoms with van der Waals surface area (Å²) in [6.07, 6.45) is 1.94. The molecular weight excluding hydrogens is 244 g/mol. The largest absolute Gasteiger partial charge is 0.343 e. The molecule has 0 radical (unpaired) electrons. The molecule has 0 saturated carbocycles. The fourth-order valence-electron chi connectivity index (χ4n) is 2.36. The van der Waals surface area contributed by atoms with E-state index in [0.29, 0.717) is 12.1 Å². The third-order valence-corrected chi connectivity index (χ3v) is 3.20. The van der Waals surface area contributed by atoms with Gasteiger partial charge in [0.25, 0.3) is 0 Å². The Labute approximate surface area is 110 Å². The smallest absolute Gasteiger partial charge is 0.126 e. The van der Waals surface area contributed by atoms with Crippen LogP contribution in [0, 0.1) is 18.6 Å². The van der Waals surface area contributed by atoms with Gasteiger partial charge in [0.1, 0.15) is 11.6 Å². The molecule has 0 bridgehead atoms. The molecule has 1 aromatic heterocycles. The van der Waals surface area contributed by atoms with Gasteiger partial charge in [-0.15, -0.1) is 0 Å². The molecule has 3 heteroatoms. The minimum absolute atomic E-state index is 0.460. The number of hydrogen-bond acceptors (Lipinski definition) is 0. The van der Waals surface area contributed by atoms with Crippen LogP contribution in [0.25, 0.3) is 10.9 Å². The molecule has 0 aliphatic carbocycles. The van der Waals surface area contributed by atoms with E-state index in [9.17, 15) is 8.78 Å². The molecule has 0 aliphatic rings. The molecule has 0 N–H and O–H groups in total. The molecule has 0 amide bonds. The Morgan fingerprint density at radius 1 is 0.947 bits per heavy atom. The maximum absolute atomic E-state index is 13.2. The van der Waals surface area contributed by atoms with Crippen molar-refractivity contribution in [1.29, 1.82) is 0 Å². The van der Waals surface area contributed by atoms with Crippen LogP contribution in [0.2, 0.25) is 0 Å². The summed E-state index contributed by atoms with van der Waals surface area (Å²) in [6.45, 7) is 2.50. The van der Waals surface area contributed by atoms with Crippen LogP contribution in [0.4, 0.5) is 8.78 Å². The van der Waals surface area contributed by atoms with Crippen LogP contribution in [0.1, 0.15) is 11.1 Å². The van der Waals surface area contributed by atoms with Crippen LogP contribution in [0.5, 0.6) is 0 Å². The quantitative estimate of drug-likeness (QED) is 0.646. The van der Waals surface area contributed by atoms with E-state index in [2.05, 4.69) is 6.07 Å². The lowest BCUT2D eigenvalue weighted by Gasteiger charge is -2.06. The number of rotatable bonds is 2. The van der Waals surface area contributed by atoms with Crippen molar-refractivity contribution in [3.63, 3.8) is 0 Å². The summed E-state index contributed by atoms with van der Waals surface area (Å²) in [5, 5.41) is 1.14. The summed E-state index contributed by atoms with van der Waals surface area (Å²) in [6, 6.07) is 11.8. The first-order chi connectivity index (χ1) is 9.11. The Balaban J connectivity index is 2.01. The van der Waals surface area contributed by atoms with Gasteiger partial charge in [0.2, 0.25) is 0 Å². The van der Waals surface area contributed by atoms with Gasteiger partial charge in [-0.1, -0.05) is 11.6 Å². The Kier molecular flexibility index (Phi) is 2.82. The van der Waals surface area contributed by atoms with Gasteiger partial charge >= 0.3 is 0 Å². The summed E-state index contributed by atoms with van der Waals surface area (Å²) >= 11 is 0. The van der Waals surface area contributed by atoms with Gasteiger partial charge < -0.3 is 4.57 Å². The normalized spacial score (nSPS) is 11.1. The molecule has 0 aliphatic heterocycles. The molecule has 0 fully saturated rings. The lowest BCUT2D eigenvalue weighted by Crippen LogP contribution is -1.99. The maximum Gasteiger partial charge on any atom is 0.126 e. The second-order valence-electron chi connectivity index (χ2n) is 4.78. The number of aryl methyl sites for hydroxylation is 1. The summed E-state index contributed by atoms with van der Waals surface area (Å²) < 4.78 is 28.3. The van der Waals surface area contributed by atoms with Crippen molar-refractivity contribution in [2.24, 2.45) is 0 Å². The Bertz CT molecular complexity index is 723. The van der Waals surface area contributed by atoms with E-state index in [1.165, 1.54) is 17.7 Å². The van der Waals surface area contributed by atoms with Gasteiger partial charge in [0.15, 0.2) is 0 Å². The SMILES string of the molecule is Cc1ccc2c(ccn2Cc2cc(F)cc(F)c2)c1. The van der Waals surface area contributed by atoms with Crippen molar-refractivity contribution in [2.45, 2.75) is 13.5 Å². The van der Waals surface area contributed by atoms with Gasteiger partial charge in [-0.3, -0.25) is 0 Å². The lowest BCUT2D eigenvalue weighted by atomic mass is 10.2. The van der Waals surface area contributed by atoms with Crippen LogP contribution < -0.4 is 0 Å². The standard InChI is InChI=1S/C16H13F2N/c1-11-2-3-16-13(6-11)4-5-19(16)10-12-7-14(17)9-15(18)8-12/h2-9H,10H2,1H3. The first kappa shape index (κ1) is 11.9.